The van der Waals surface area contributed by atoms with E-state index in [0.717, 1.165) is 56.5 Å². The van der Waals surface area contributed by atoms with Gasteiger partial charge in [-0.25, -0.2) is 4.98 Å². The second kappa shape index (κ2) is 7.71. The van der Waals surface area contributed by atoms with E-state index in [9.17, 15) is 4.79 Å². The van der Waals surface area contributed by atoms with Crippen LogP contribution in [-0.2, 0) is 16.0 Å². The summed E-state index contributed by atoms with van der Waals surface area (Å²) in [5.74, 6) is 0.128. The zero-order valence-corrected chi connectivity index (χ0v) is 13.1. The van der Waals surface area contributed by atoms with E-state index < -0.39 is 0 Å². The monoisotopic (exact) mass is 297 g/mol. The third kappa shape index (κ3) is 4.85. The van der Waals surface area contributed by atoms with Gasteiger partial charge in [0.25, 0.3) is 0 Å². The van der Waals surface area contributed by atoms with Crippen LogP contribution in [0.4, 0.5) is 0 Å². The number of carbonyl (C=O) groups excluding carboxylic acids is 1. The van der Waals surface area contributed by atoms with E-state index in [1.807, 2.05) is 13.8 Å². The molecular formula is C14H23N3O2S. The van der Waals surface area contributed by atoms with Crippen LogP contribution in [0.25, 0.3) is 0 Å². The van der Waals surface area contributed by atoms with Crippen LogP contribution in [-0.4, -0.2) is 55.2 Å². The average molecular weight is 297 g/mol. The van der Waals surface area contributed by atoms with E-state index in [-0.39, 0.29) is 5.91 Å². The van der Waals surface area contributed by atoms with Crippen molar-refractivity contribution in [2.45, 2.75) is 26.7 Å². The van der Waals surface area contributed by atoms with Crippen LogP contribution in [0.5, 0.6) is 0 Å². The molecule has 0 aromatic carbocycles. The molecule has 0 saturated carbocycles. The fourth-order valence-corrected chi connectivity index (χ4v) is 3.24. The number of hydrogen-bond donors (Lipinski definition) is 1. The highest BCUT2D eigenvalue weighted by Crippen LogP contribution is 2.18. The number of amides is 1. The molecule has 1 aliphatic rings. The fraction of sp³-hybridized carbons (Fsp3) is 0.714. The number of morpholine rings is 1. The van der Waals surface area contributed by atoms with Gasteiger partial charge in [0.1, 0.15) is 0 Å². The lowest BCUT2D eigenvalue weighted by atomic mass is 10.2. The van der Waals surface area contributed by atoms with Gasteiger partial charge in [-0.3, -0.25) is 9.69 Å². The number of ether oxygens (including phenoxy) is 1. The smallest absolute Gasteiger partial charge is 0.220 e. The molecule has 0 atom stereocenters. The number of rotatable bonds is 6. The van der Waals surface area contributed by atoms with E-state index in [4.69, 9.17) is 4.74 Å². The predicted molar refractivity (Wildman–Crippen MR) is 80.2 cm³/mol. The first kappa shape index (κ1) is 15.4. The average Bonchev–Trinajstić information content (AvgIpc) is 2.76. The van der Waals surface area contributed by atoms with Gasteiger partial charge in [0, 0.05) is 37.5 Å². The molecule has 0 radical (unpaired) electrons. The summed E-state index contributed by atoms with van der Waals surface area (Å²) in [7, 11) is 0. The summed E-state index contributed by atoms with van der Waals surface area (Å²) in [4.78, 5) is 19.7. The zero-order chi connectivity index (χ0) is 14.4. The molecule has 1 saturated heterocycles. The minimum atomic E-state index is 0.128. The first-order chi connectivity index (χ1) is 9.65. The zero-order valence-electron chi connectivity index (χ0n) is 12.3. The topological polar surface area (TPSA) is 54.5 Å². The maximum atomic E-state index is 11.8. The largest absolute Gasteiger partial charge is 0.379 e. The van der Waals surface area contributed by atoms with Crippen LogP contribution >= 0.6 is 11.3 Å². The van der Waals surface area contributed by atoms with Crippen molar-refractivity contribution in [1.29, 1.82) is 0 Å². The third-order valence-electron chi connectivity index (χ3n) is 3.43. The highest BCUT2D eigenvalue weighted by Gasteiger charge is 2.11. The van der Waals surface area contributed by atoms with Crippen molar-refractivity contribution in [3.63, 3.8) is 0 Å². The molecule has 1 N–H and O–H groups in total. The maximum Gasteiger partial charge on any atom is 0.220 e. The summed E-state index contributed by atoms with van der Waals surface area (Å²) in [6, 6.07) is 0. The molecule has 6 heteroatoms. The number of thiazole rings is 1. The number of aryl methyl sites for hydroxylation is 3. The van der Waals surface area contributed by atoms with Gasteiger partial charge in [0.05, 0.1) is 23.9 Å². The lowest BCUT2D eigenvalue weighted by Gasteiger charge is -2.26. The second-order valence-electron chi connectivity index (χ2n) is 5.05. The summed E-state index contributed by atoms with van der Waals surface area (Å²) >= 11 is 1.69. The molecule has 2 heterocycles. The van der Waals surface area contributed by atoms with Gasteiger partial charge in [-0.2, -0.15) is 0 Å². The molecule has 1 aromatic heterocycles. The van der Waals surface area contributed by atoms with Crippen LogP contribution in [0.15, 0.2) is 0 Å². The minimum Gasteiger partial charge on any atom is -0.379 e. The SMILES string of the molecule is Cc1nc(C)c(CCC(=O)NCCN2CCOCC2)s1. The van der Waals surface area contributed by atoms with Crippen LogP contribution < -0.4 is 5.32 Å². The number of aromatic nitrogens is 1. The molecule has 1 amide bonds. The molecule has 1 fully saturated rings. The molecule has 0 unspecified atom stereocenters. The van der Waals surface area contributed by atoms with Gasteiger partial charge >= 0.3 is 0 Å². The van der Waals surface area contributed by atoms with Crippen LogP contribution in [0.1, 0.15) is 22.0 Å². The summed E-state index contributed by atoms with van der Waals surface area (Å²) < 4.78 is 5.29. The lowest BCUT2D eigenvalue weighted by Crippen LogP contribution is -2.41. The first-order valence-corrected chi connectivity index (χ1v) is 7.96. The van der Waals surface area contributed by atoms with Crippen molar-refractivity contribution in [2.24, 2.45) is 0 Å². The van der Waals surface area contributed by atoms with E-state index in [2.05, 4.69) is 15.2 Å². The molecule has 5 nitrogen and oxygen atoms in total. The summed E-state index contributed by atoms with van der Waals surface area (Å²) in [6.45, 7) is 9.19. The Morgan fingerprint density at radius 3 is 2.80 bits per heavy atom. The fourth-order valence-electron chi connectivity index (χ4n) is 2.30. The van der Waals surface area contributed by atoms with E-state index in [0.29, 0.717) is 6.42 Å². The van der Waals surface area contributed by atoms with E-state index >= 15 is 0 Å². The van der Waals surface area contributed by atoms with Crippen molar-refractivity contribution in [3.8, 4) is 0 Å². The molecule has 0 aliphatic carbocycles. The van der Waals surface area contributed by atoms with Gasteiger partial charge in [-0.1, -0.05) is 0 Å². The Hall–Kier alpha value is -0.980. The maximum absolute atomic E-state index is 11.8. The van der Waals surface area contributed by atoms with Crippen LogP contribution in [0.3, 0.4) is 0 Å². The third-order valence-corrected chi connectivity index (χ3v) is 4.57. The molecular weight excluding hydrogens is 274 g/mol. The molecule has 1 aliphatic heterocycles. The Morgan fingerprint density at radius 2 is 2.15 bits per heavy atom. The molecule has 20 heavy (non-hydrogen) atoms. The number of nitrogens with zero attached hydrogens (tertiary/aromatic N) is 2. The Morgan fingerprint density at radius 1 is 1.40 bits per heavy atom. The first-order valence-electron chi connectivity index (χ1n) is 7.15. The minimum absolute atomic E-state index is 0.128. The van der Waals surface area contributed by atoms with Crippen molar-refractivity contribution in [1.82, 2.24) is 15.2 Å². The second-order valence-corrected chi connectivity index (χ2v) is 6.33. The standard InChI is InChI=1S/C14H23N3O2S/c1-11-13(20-12(2)16-11)3-4-14(18)15-5-6-17-7-9-19-10-8-17/h3-10H2,1-2H3,(H,15,18). The number of carbonyl (C=O) groups is 1. The molecule has 112 valence electrons. The Bertz CT molecular complexity index is 442. The van der Waals surface area contributed by atoms with Gasteiger partial charge in [-0.05, 0) is 20.3 Å². The Balaban J connectivity index is 1.61. The van der Waals surface area contributed by atoms with Gasteiger partial charge < -0.3 is 10.1 Å². The molecule has 0 spiro atoms. The van der Waals surface area contributed by atoms with Crippen molar-refractivity contribution < 1.29 is 9.53 Å². The van der Waals surface area contributed by atoms with E-state index in [1.165, 1.54) is 4.88 Å². The predicted octanol–water partition coefficient (Wildman–Crippen LogP) is 1.14. The molecule has 0 bridgehead atoms. The van der Waals surface area contributed by atoms with Gasteiger partial charge in [0.2, 0.25) is 5.91 Å². The highest BCUT2D eigenvalue weighted by molar-refractivity contribution is 7.11. The molecule has 1 aromatic rings. The Labute approximate surface area is 124 Å². The number of hydrogen-bond acceptors (Lipinski definition) is 5. The Kier molecular flexibility index (Phi) is 5.94. The van der Waals surface area contributed by atoms with Crippen LogP contribution in [0.2, 0.25) is 0 Å². The quantitative estimate of drug-likeness (QED) is 0.855. The summed E-state index contributed by atoms with van der Waals surface area (Å²) in [6.07, 6.45) is 1.34. The molecule has 2 rings (SSSR count). The highest BCUT2D eigenvalue weighted by atomic mass is 32.1. The summed E-state index contributed by atoms with van der Waals surface area (Å²) in [5, 5.41) is 4.06. The van der Waals surface area contributed by atoms with Crippen molar-refractivity contribution in [3.05, 3.63) is 15.6 Å². The van der Waals surface area contributed by atoms with Gasteiger partial charge in [-0.15, -0.1) is 11.3 Å². The van der Waals surface area contributed by atoms with Crippen molar-refractivity contribution in [2.75, 3.05) is 39.4 Å². The summed E-state index contributed by atoms with van der Waals surface area (Å²) in [5.41, 5.74) is 1.06. The normalized spacial score (nSPS) is 16.3. The van der Waals surface area contributed by atoms with Crippen molar-refractivity contribution >= 4 is 17.2 Å². The van der Waals surface area contributed by atoms with Crippen LogP contribution in [0, 0.1) is 13.8 Å². The van der Waals surface area contributed by atoms with Gasteiger partial charge in [0.15, 0.2) is 0 Å². The van der Waals surface area contributed by atoms with E-state index in [1.54, 1.807) is 11.3 Å². The number of nitrogens with one attached hydrogen (secondary N) is 1. The lowest BCUT2D eigenvalue weighted by molar-refractivity contribution is -0.121.